The molecule has 0 bridgehead atoms. The summed E-state index contributed by atoms with van der Waals surface area (Å²) < 4.78 is 54.5. The first kappa shape index (κ1) is 15.6. The van der Waals surface area contributed by atoms with E-state index in [0.29, 0.717) is 16.8 Å². The highest BCUT2D eigenvalue weighted by atomic mass is 35.5. The molecular weight excluding hydrogens is 310 g/mol. The van der Waals surface area contributed by atoms with Crippen molar-refractivity contribution in [3.8, 4) is 0 Å². The van der Waals surface area contributed by atoms with Crippen molar-refractivity contribution in [1.29, 1.82) is 0 Å². The Hall–Kier alpha value is -1.82. The summed E-state index contributed by atoms with van der Waals surface area (Å²) in [6, 6.07) is 5.01. The lowest BCUT2D eigenvalue weighted by atomic mass is 10.0. The van der Waals surface area contributed by atoms with Gasteiger partial charge in [0.15, 0.2) is 17.5 Å². The number of nitrogens with one attached hydrogen (secondary N) is 1. The third-order valence-corrected chi connectivity index (χ3v) is 3.46. The molecule has 1 aliphatic rings. The molecule has 0 saturated carbocycles. The molecule has 1 N–H and O–H groups in total. The van der Waals surface area contributed by atoms with Crippen LogP contribution in [0.1, 0.15) is 11.1 Å². The van der Waals surface area contributed by atoms with Gasteiger partial charge in [0.05, 0.1) is 0 Å². The largest absolute Gasteiger partial charge is 0.350 e. The fraction of sp³-hybridized carbons (Fsp3) is 0.214. The highest BCUT2D eigenvalue weighted by molar-refractivity contribution is 6.38. The number of alkyl halides is 2. The lowest BCUT2D eigenvalue weighted by molar-refractivity contribution is -0.123. The molecule has 1 unspecified atom stereocenters. The first-order valence-corrected chi connectivity index (χ1v) is 6.27. The Morgan fingerprint density at radius 3 is 2.14 bits per heavy atom. The minimum atomic E-state index is -3.85. The molecule has 0 fully saturated rings. The van der Waals surface area contributed by atoms with E-state index >= 15 is 0 Å². The van der Waals surface area contributed by atoms with E-state index < -0.39 is 34.1 Å². The number of rotatable bonds is 2. The minimum absolute atomic E-state index is 0.291. The summed E-state index contributed by atoms with van der Waals surface area (Å²) in [6.45, 7) is 3.30. The number of allylic oxidation sites excluding steroid dienone is 3. The normalized spacial score (nSPS) is 22.9. The molecule has 112 valence electrons. The number of Topliss-reactive ketones (excluding diaryl/α,β-unsaturated/α-hetero) is 1. The number of anilines is 1. The van der Waals surface area contributed by atoms with Gasteiger partial charge < -0.3 is 5.32 Å². The number of hydrogen-bond donors (Lipinski definition) is 1. The standard InChI is InChI=1S/C14H10ClF4NO/c1-6-4-3-5-7(2)10(6)20-11-8(16)12(18)14(15,19)13(21)9(11)17/h3-5,20H,1-2H3. The van der Waals surface area contributed by atoms with Gasteiger partial charge in [-0.25, -0.2) is 17.6 Å². The molecule has 0 heterocycles. The van der Waals surface area contributed by atoms with Crippen LogP contribution in [-0.4, -0.2) is 10.9 Å². The Bertz CT molecular complexity index is 674. The minimum Gasteiger partial charge on any atom is -0.350 e. The molecule has 1 aromatic carbocycles. The topological polar surface area (TPSA) is 29.1 Å². The third kappa shape index (κ3) is 2.44. The van der Waals surface area contributed by atoms with Gasteiger partial charge in [-0.2, -0.15) is 0 Å². The highest BCUT2D eigenvalue weighted by Crippen LogP contribution is 2.42. The van der Waals surface area contributed by atoms with Gasteiger partial charge in [-0.3, -0.25) is 4.79 Å². The fourth-order valence-corrected chi connectivity index (χ4v) is 2.11. The van der Waals surface area contributed by atoms with Crippen molar-refractivity contribution in [2.24, 2.45) is 0 Å². The fourth-order valence-electron chi connectivity index (χ4n) is 1.94. The van der Waals surface area contributed by atoms with Gasteiger partial charge in [-0.1, -0.05) is 29.8 Å². The maximum atomic E-state index is 13.8. The molecule has 0 spiro atoms. The number of benzene rings is 1. The van der Waals surface area contributed by atoms with Gasteiger partial charge in [0.2, 0.25) is 0 Å². The summed E-state index contributed by atoms with van der Waals surface area (Å²) in [6.07, 6.45) is 0. The Morgan fingerprint density at radius 2 is 1.62 bits per heavy atom. The van der Waals surface area contributed by atoms with E-state index in [1.165, 1.54) is 0 Å². The van der Waals surface area contributed by atoms with Gasteiger partial charge in [-0.15, -0.1) is 0 Å². The molecule has 2 rings (SSSR count). The third-order valence-electron chi connectivity index (χ3n) is 3.12. The molecule has 0 aromatic heterocycles. The van der Waals surface area contributed by atoms with Gasteiger partial charge >= 0.3 is 5.13 Å². The van der Waals surface area contributed by atoms with Crippen LogP contribution in [0.25, 0.3) is 0 Å². The van der Waals surface area contributed by atoms with E-state index in [9.17, 15) is 22.4 Å². The second kappa shape index (κ2) is 5.18. The van der Waals surface area contributed by atoms with Crippen LogP contribution in [0.3, 0.4) is 0 Å². The zero-order chi connectivity index (χ0) is 15.9. The van der Waals surface area contributed by atoms with E-state index in [1.54, 1.807) is 32.0 Å². The van der Waals surface area contributed by atoms with Gasteiger partial charge in [-0.05, 0) is 25.0 Å². The van der Waals surface area contributed by atoms with Crippen LogP contribution in [0.5, 0.6) is 0 Å². The summed E-state index contributed by atoms with van der Waals surface area (Å²) in [5.74, 6) is -7.80. The number of para-hydroxylation sites is 1. The van der Waals surface area contributed by atoms with E-state index in [4.69, 9.17) is 11.6 Å². The summed E-state index contributed by atoms with van der Waals surface area (Å²) >= 11 is 4.90. The predicted octanol–water partition coefficient (Wildman–Crippen LogP) is 4.53. The average Bonchev–Trinajstić information content (AvgIpc) is 2.42. The van der Waals surface area contributed by atoms with E-state index in [1.807, 2.05) is 0 Å². The summed E-state index contributed by atoms with van der Waals surface area (Å²) in [7, 11) is 0. The van der Waals surface area contributed by atoms with Crippen molar-refractivity contribution in [2.45, 2.75) is 19.0 Å². The Labute approximate surface area is 123 Å². The maximum absolute atomic E-state index is 13.8. The van der Waals surface area contributed by atoms with Crippen LogP contribution >= 0.6 is 11.6 Å². The zero-order valence-corrected chi connectivity index (χ0v) is 11.8. The zero-order valence-electron chi connectivity index (χ0n) is 11.0. The summed E-state index contributed by atoms with van der Waals surface area (Å²) in [5, 5.41) is -1.55. The predicted molar refractivity (Wildman–Crippen MR) is 71.6 cm³/mol. The average molecular weight is 320 g/mol. The molecule has 2 nitrogen and oxygen atoms in total. The van der Waals surface area contributed by atoms with Gasteiger partial charge in [0.1, 0.15) is 5.70 Å². The first-order chi connectivity index (χ1) is 9.67. The quantitative estimate of drug-likeness (QED) is 0.641. The molecule has 0 amide bonds. The van der Waals surface area contributed by atoms with Crippen LogP contribution in [-0.2, 0) is 4.79 Å². The second-order valence-electron chi connectivity index (χ2n) is 4.61. The highest BCUT2D eigenvalue weighted by Gasteiger charge is 2.51. The smallest absolute Gasteiger partial charge is 0.302 e. The van der Waals surface area contributed by atoms with E-state index in [0.717, 1.165) is 0 Å². The van der Waals surface area contributed by atoms with Crippen molar-refractivity contribution in [1.82, 2.24) is 0 Å². The Balaban J connectivity index is 2.54. The summed E-state index contributed by atoms with van der Waals surface area (Å²) in [4.78, 5) is 11.4. The van der Waals surface area contributed by atoms with Crippen LogP contribution in [0.4, 0.5) is 23.2 Å². The number of carbonyl (C=O) groups is 1. The number of carbonyl (C=O) groups excluding carboxylic acids is 1. The van der Waals surface area contributed by atoms with Crippen LogP contribution < -0.4 is 5.32 Å². The number of ketones is 1. The van der Waals surface area contributed by atoms with Crippen molar-refractivity contribution in [3.63, 3.8) is 0 Å². The van der Waals surface area contributed by atoms with Crippen molar-refractivity contribution < 1.29 is 22.4 Å². The molecule has 7 heteroatoms. The second-order valence-corrected chi connectivity index (χ2v) is 5.13. The van der Waals surface area contributed by atoms with Gasteiger partial charge in [0, 0.05) is 5.69 Å². The Morgan fingerprint density at radius 1 is 1.10 bits per heavy atom. The van der Waals surface area contributed by atoms with Crippen molar-refractivity contribution in [3.05, 3.63) is 52.5 Å². The Kier molecular flexibility index (Phi) is 3.84. The molecule has 1 atom stereocenters. The van der Waals surface area contributed by atoms with Gasteiger partial charge in [0.25, 0.3) is 5.78 Å². The molecule has 0 radical (unpaired) electrons. The van der Waals surface area contributed by atoms with E-state index in [-0.39, 0.29) is 0 Å². The summed E-state index contributed by atoms with van der Waals surface area (Å²) in [5.41, 5.74) is 0.445. The molecule has 21 heavy (non-hydrogen) atoms. The first-order valence-electron chi connectivity index (χ1n) is 5.89. The van der Waals surface area contributed by atoms with Crippen molar-refractivity contribution in [2.75, 3.05) is 5.32 Å². The molecule has 0 saturated heterocycles. The number of halogens is 5. The SMILES string of the molecule is Cc1cccc(C)c1NC1=C(F)C(=O)C(F)(Cl)C(F)=C1F. The van der Waals surface area contributed by atoms with Crippen LogP contribution in [0, 0.1) is 13.8 Å². The van der Waals surface area contributed by atoms with E-state index in [2.05, 4.69) is 5.32 Å². The molecule has 0 aliphatic heterocycles. The number of hydrogen-bond acceptors (Lipinski definition) is 2. The monoisotopic (exact) mass is 319 g/mol. The number of aryl methyl sites for hydroxylation is 2. The molecule has 1 aliphatic carbocycles. The lowest BCUT2D eigenvalue weighted by Crippen LogP contribution is -2.34. The maximum Gasteiger partial charge on any atom is 0.302 e. The molecular formula is C14H10ClF4NO. The van der Waals surface area contributed by atoms with Crippen LogP contribution in [0.15, 0.2) is 41.4 Å². The van der Waals surface area contributed by atoms with Crippen molar-refractivity contribution >= 4 is 23.1 Å². The van der Waals surface area contributed by atoms with Crippen LogP contribution in [0.2, 0.25) is 0 Å². The lowest BCUT2D eigenvalue weighted by Gasteiger charge is -2.23. The molecule has 1 aromatic rings.